The zero-order valence-corrected chi connectivity index (χ0v) is 14.2. The fourth-order valence-electron chi connectivity index (χ4n) is 3.71. The average molecular weight is 341 g/mol. The SMILES string of the molecule is O=C(c1cc2ccccc2c(=O)[nH]1)N1CCN(CC2CCCO2)CC1. The number of nitrogens with one attached hydrogen (secondary N) is 1. The van der Waals surface area contributed by atoms with Crippen LogP contribution in [0, 0.1) is 0 Å². The van der Waals surface area contributed by atoms with Gasteiger partial charge in [-0.1, -0.05) is 18.2 Å². The van der Waals surface area contributed by atoms with Crippen LogP contribution in [0.1, 0.15) is 23.3 Å². The molecule has 6 nitrogen and oxygen atoms in total. The van der Waals surface area contributed by atoms with E-state index in [0.29, 0.717) is 30.3 Å². The van der Waals surface area contributed by atoms with E-state index in [9.17, 15) is 9.59 Å². The summed E-state index contributed by atoms with van der Waals surface area (Å²) in [6.07, 6.45) is 2.63. The first kappa shape index (κ1) is 16.3. The number of rotatable bonds is 3. The third-order valence-electron chi connectivity index (χ3n) is 5.13. The minimum absolute atomic E-state index is 0.0976. The van der Waals surface area contributed by atoms with Crippen LogP contribution in [0.3, 0.4) is 0 Å². The monoisotopic (exact) mass is 341 g/mol. The Labute approximate surface area is 146 Å². The third-order valence-corrected chi connectivity index (χ3v) is 5.13. The molecule has 1 aromatic heterocycles. The van der Waals surface area contributed by atoms with Gasteiger partial charge in [0.25, 0.3) is 11.5 Å². The van der Waals surface area contributed by atoms with Crippen LogP contribution in [0.4, 0.5) is 0 Å². The quantitative estimate of drug-likeness (QED) is 0.918. The number of aromatic nitrogens is 1. The number of hydrogen-bond donors (Lipinski definition) is 1. The van der Waals surface area contributed by atoms with Gasteiger partial charge in [0.1, 0.15) is 5.69 Å². The van der Waals surface area contributed by atoms with Gasteiger partial charge in [-0.15, -0.1) is 0 Å². The minimum atomic E-state index is -0.210. The maximum absolute atomic E-state index is 12.8. The number of carbonyl (C=O) groups excluding carboxylic acids is 1. The summed E-state index contributed by atoms with van der Waals surface area (Å²) in [7, 11) is 0. The number of H-pyrrole nitrogens is 1. The van der Waals surface area contributed by atoms with E-state index in [1.807, 2.05) is 23.1 Å². The second kappa shape index (κ2) is 6.98. The molecule has 1 amide bonds. The van der Waals surface area contributed by atoms with Gasteiger partial charge in [0.05, 0.1) is 6.10 Å². The largest absolute Gasteiger partial charge is 0.377 e. The molecular formula is C19H23N3O3. The summed E-state index contributed by atoms with van der Waals surface area (Å²) >= 11 is 0. The molecule has 2 fully saturated rings. The molecule has 0 bridgehead atoms. The van der Waals surface area contributed by atoms with Gasteiger partial charge in [-0.3, -0.25) is 14.5 Å². The Morgan fingerprint density at radius 2 is 2.00 bits per heavy atom. The highest BCUT2D eigenvalue weighted by Crippen LogP contribution is 2.16. The minimum Gasteiger partial charge on any atom is -0.377 e. The number of benzene rings is 1. The lowest BCUT2D eigenvalue weighted by molar-refractivity contribution is 0.0430. The summed E-state index contributed by atoms with van der Waals surface area (Å²) in [5.41, 5.74) is 0.162. The summed E-state index contributed by atoms with van der Waals surface area (Å²) in [5, 5.41) is 1.41. The lowest BCUT2D eigenvalue weighted by Crippen LogP contribution is -2.50. The molecule has 1 N–H and O–H groups in total. The Morgan fingerprint density at radius 1 is 1.20 bits per heavy atom. The summed E-state index contributed by atoms with van der Waals surface area (Å²) in [6.45, 7) is 4.89. The van der Waals surface area contributed by atoms with Crippen LogP contribution in [0.5, 0.6) is 0 Å². The van der Waals surface area contributed by atoms with E-state index in [2.05, 4.69) is 9.88 Å². The second-order valence-corrected chi connectivity index (χ2v) is 6.83. The molecule has 2 aliphatic rings. The topological polar surface area (TPSA) is 65.6 Å². The van der Waals surface area contributed by atoms with E-state index < -0.39 is 0 Å². The van der Waals surface area contributed by atoms with Crippen molar-refractivity contribution in [3.05, 3.63) is 46.4 Å². The van der Waals surface area contributed by atoms with Gasteiger partial charge in [-0.25, -0.2) is 0 Å². The van der Waals surface area contributed by atoms with Gasteiger partial charge in [0.15, 0.2) is 0 Å². The van der Waals surface area contributed by atoms with Gasteiger partial charge >= 0.3 is 0 Å². The van der Waals surface area contributed by atoms with E-state index in [0.717, 1.165) is 44.5 Å². The smallest absolute Gasteiger partial charge is 0.270 e. The molecule has 0 radical (unpaired) electrons. The highest BCUT2D eigenvalue weighted by atomic mass is 16.5. The van der Waals surface area contributed by atoms with Crippen molar-refractivity contribution in [3.8, 4) is 0 Å². The number of carbonyl (C=O) groups is 1. The van der Waals surface area contributed by atoms with Gasteiger partial charge in [0, 0.05) is 44.7 Å². The van der Waals surface area contributed by atoms with Crippen LogP contribution in [-0.2, 0) is 4.74 Å². The van der Waals surface area contributed by atoms with Crippen molar-refractivity contribution in [3.63, 3.8) is 0 Å². The molecule has 1 aromatic carbocycles. The number of hydrogen-bond acceptors (Lipinski definition) is 4. The van der Waals surface area contributed by atoms with Crippen LogP contribution in [0.25, 0.3) is 10.8 Å². The van der Waals surface area contributed by atoms with E-state index in [4.69, 9.17) is 4.74 Å². The molecule has 6 heteroatoms. The average Bonchev–Trinajstić information content (AvgIpc) is 3.15. The van der Waals surface area contributed by atoms with Crippen molar-refractivity contribution in [1.82, 2.24) is 14.8 Å². The number of amides is 1. The fraction of sp³-hybridized carbons (Fsp3) is 0.474. The number of ether oxygens (including phenoxy) is 1. The molecule has 0 spiro atoms. The van der Waals surface area contributed by atoms with Crippen molar-refractivity contribution >= 4 is 16.7 Å². The molecule has 1 atom stereocenters. The zero-order chi connectivity index (χ0) is 17.2. The number of aromatic amines is 1. The molecule has 132 valence electrons. The van der Waals surface area contributed by atoms with E-state index in [1.54, 1.807) is 12.1 Å². The highest BCUT2D eigenvalue weighted by Gasteiger charge is 2.26. The normalized spacial score (nSPS) is 21.8. The second-order valence-electron chi connectivity index (χ2n) is 6.83. The van der Waals surface area contributed by atoms with E-state index >= 15 is 0 Å². The Morgan fingerprint density at radius 3 is 2.76 bits per heavy atom. The molecule has 2 aliphatic heterocycles. The third kappa shape index (κ3) is 3.45. The predicted molar refractivity (Wildman–Crippen MR) is 95.9 cm³/mol. The van der Waals surface area contributed by atoms with Crippen molar-refractivity contribution in [2.75, 3.05) is 39.3 Å². The Hall–Kier alpha value is -2.18. The van der Waals surface area contributed by atoms with Gasteiger partial charge in [-0.05, 0) is 30.4 Å². The summed E-state index contributed by atoms with van der Waals surface area (Å²) < 4.78 is 5.69. The number of pyridine rings is 1. The van der Waals surface area contributed by atoms with Crippen LogP contribution >= 0.6 is 0 Å². The molecule has 1 unspecified atom stereocenters. The Balaban J connectivity index is 1.42. The van der Waals surface area contributed by atoms with Gasteiger partial charge in [0.2, 0.25) is 0 Å². The van der Waals surface area contributed by atoms with Crippen LogP contribution < -0.4 is 5.56 Å². The van der Waals surface area contributed by atoms with Gasteiger partial charge in [-0.2, -0.15) is 0 Å². The van der Waals surface area contributed by atoms with Crippen LogP contribution in [-0.4, -0.2) is 66.1 Å². The standard InChI is InChI=1S/C19H23N3O3/c23-18-16-6-2-1-4-14(16)12-17(20-18)19(24)22-9-7-21(8-10-22)13-15-5-3-11-25-15/h1-2,4,6,12,15H,3,5,7-11,13H2,(H,20,23). The maximum atomic E-state index is 12.8. The zero-order valence-electron chi connectivity index (χ0n) is 14.2. The first-order valence-corrected chi connectivity index (χ1v) is 8.96. The maximum Gasteiger partial charge on any atom is 0.270 e. The lowest BCUT2D eigenvalue weighted by Gasteiger charge is -2.35. The number of fused-ring (bicyclic) bond motifs is 1. The van der Waals surface area contributed by atoms with Gasteiger partial charge < -0.3 is 14.6 Å². The fourth-order valence-corrected chi connectivity index (χ4v) is 3.71. The molecule has 2 aromatic rings. The number of nitrogens with zero attached hydrogens (tertiary/aromatic N) is 2. The first-order chi connectivity index (χ1) is 12.2. The summed E-state index contributed by atoms with van der Waals surface area (Å²) in [4.78, 5) is 31.9. The van der Waals surface area contributed by atoms with Crippen molar-refractivity contribution < 1.29 is 9.53 Å². The van der Waals surface area contributed by atoms with Crippen LogP contribution in [0.2, 0.25) is 0 Å². The summed E-state index contributed by atoms with van der Waals surface area (Å²) in [5.74, 6) is -0.0976. The van der Waals surface area contributed by atoms with Crippen LogP contribution in [0.15, 0.2) is 35.1 Å². The Bertz CT molecular complexity index is 818. The predicted octanol–water partition coefficient (Wildman–Crippen LogP) is 1.46. The lowest BCUT2D eigenvalue weighted by atomic mass is 10.1. The summed E-state index contributed by atoms with van der Waals surface area (Å²) in [6, 6.07) is 9.11. The number of piperazine rings is 1. The molecular weight excluding hydrogens is 318 g/mol. The molecule has 3 heterocycles. The van der Waals surface area contributed by atoms with Crippen molar-refractivity contribution in [2.45, 2.75) is 18.9 Å². The van der Waals surface area contributed by atoms with Crippen molar-refractivity contribution in [1.29, 1.82) is 0 Å². The Kier molecular flexibility index (Phi) is 4.55. The molecule has 0 aliphatic carbocycles. The van der Waals surface area contributed by atoms with E-state index in [1.165, 1.54) is 0 Å². The first-order valence-electron chi connectivity index (χ1n) is 8.96. The molecule has 0 saturated carbocycles. The van der Waals surface area contributed by atoms with Crippen molar-refractivity contribution in [2.24, 2.45) is 0 Å². The molecule has 4 rings (SSSR count). The van der Waals surface area contributed by atoms with E-state index in [-0.39, 0.29) is 11.5 Å². The molecule has 2 saturated heterocycles. The highest BCUT2D eigenvalue weighted by molar-refractivity contribution is 5.96. The molecule has 25 heavy (non-hydrogen) atoms.